The van der Waals surface area contributed by atoms with E-state index in [4.69, 9.17) is 5.26 Å². The maximum absolute atomic E-state index is 12.5. The Bertz CT molecular complexity index is 677. The van der Waals surface area contributed by atoms with E-state index in [-0.39, 0.29) is 17.3 Å². The predicted molar refractivity (Wildman–Crippen MR) is 78.9 cm³/mol. The quantitative estimate of drug-likeness (QED) is 0.874. The van der Waals surface area contributed by atoms with Gasteiger partial charge in [-0.2, -0.15) is 5.26 Å². The fraction of sp³-hybridized carbons (Fsp3) is 0.429. The van der Waals surface area contributed by atoms with Crippen molar-refractivity contribution in [3.05, 3.63) is 29.3 Å². The third kappa shape index (κ3) is 3.80. The van der Waals surface area contributed by atoms with Crippen molar-refractivity contribution in [2.45, 2.75) is 18.7 Å². The fourth-order valence-electron chi connectivity index (χ4n) is 1.99. The first-order chi connectivity index (χ1) is 9.73. The molecule has 21 heavy (non-hydrogen) atoms. The van der Waals surface area contributed by atoms with Crippen LogP contribution >= 0.6 is 0 Å². The molecule has 1 rings (SSSR count). The highest BCUT2D eigenvalue weighted by Gasteiger charge is 2.26. The van der Waals surface area contributed by atoms with E-state index in [0.29, 0.717) is 11.1 Å². The Hall–Kier alpha value is -1.91. The first-order valence-electron chi connectivity index (χ1n) is 6.42. The van der Waals surface area contributed by atoms with Crippen molar-refractivity contribution in [3.8, 4) is 6.07 Å². The van der Waals surface area contributed by atoms with E-state index in [1.807, 2.05) is 6.07 Å². The summed E-state index contributed by atoms with van der Waals surface area (Å²) in [5.41, 5.74) is 0.918. The van der Waals surface area contributed by atoms with Gasteiger partial charge in [0.2, 0.25) is 15.9 Å². The largest absolute Gasteiger partial charge is 0.359 e. The molecule has 1 aromatic rings. The normalized spacial score (nSPS) is 12.8. The molecule has 0 bridgehead atoms. The molecule has 0 saturated heterocycles. The molecule has 1 amide bonds. The van der Waals surface area contributed by atoms with Crippen molar-refractivity contribution in [3.63, 3.8) is 0 Å². The average molecular weight is 309 g/mol. The maximum Gasteiger partial charge on any atom is 0.243 e. The van der Waals surface area contributed by atoms with Gasteiger partial charge in [-0.25, -0.2) is 12.7 Å². The topological polar surface area (TPSA) is 90.3 Å². The van der Waals surface area contributed by atoms with Crippen LogP contribution in [0.3, 0.4) is 0 Å². The highest BCUT2D eigenvalue weighted by atomic mass is 32.2. The maximum atomic E-state index is 12.5. The molecule has 1 aromatic carbocycles. The third-order valence-corrected chi connectivity index (χ3v) is 5.20. The van der Waals surface area contributed by atoms with E-state index < -0.39 is 15.9 Å². The van der Waals surface area contributed by atoms with Crippen LogP contribution < -0.4 is 5.32 Å². The first-order valence-corrected chi connectivity index (χ1v) is 7.86. The second-order valence-electron chi connectivity index (χ2n) is 4.89. The molecule has 0 saturated carbocycles. The molecule has 114 valence electrons. The molecule has 1 unspecified atom stereocenters. The summed E-state index contributed by atoms with van der Waals surface area (Å²) in [7, 11) is -0.739. The summed E-state index contributed by atoms with van der Waals surface area (Å²) in [5.74, 6) is -0.665. The van der Waals surface area contributed by atoms with E-state index in [0.717, 1.165) is 4.31 Å². The minimum atomic E-state index is -3.69. The van der Waals surface area contributed by atoms with Crippen LogP contribution in [0, 0.1) is 24.2 Å². The average Bonchev–Trinajstić information content (AvgIpc) is 2.45. The predicted octanol–water partition coefficient (Wildman–Crippen LogP) is 0.869. The Labute approximate surface area is 125 Å². The molecule has 0 radical (unpaired) electrons. The Kier molecular flexibility index (Phi) is 5.47. The first kappa shape index (κ1) is 17.1. The second-order valence-corrected chi connectivity index (χ2v) is 6.91. The summed E-state index contributed by atoms with van der Waals surface area (Å²) in [6.07, 6.45) is 0. The molecule has 1 atom stereocenters. The number of aryl methyl sites for hydroxylation is 1. The zero-order valence-corrected chi connectivity index (χ0v) is 13.4. The Morgan fingerprint density at radius 3 is 2.57 bits per heavy atom. The summed E-state index contributed by atoms with van der Waals surface area (Å²) in [6, 6.07) is 6.39. The smallest absolute Gasteiger partial charge is 0.243 e. The van der Waals surface area contributed by atoms with Crippen molar-refractivity contribution in [1.82, 2.24) is 9.62 Å². The lowest BCUT2D eigenvalue weighted by Crippen LogP contribution is -2.37. The molecule has 0 aliphatic heterocycles. The summed E-state index contributed by atoms with van der Waals surface area (Å²) in [6.45, 7) is 3.39. The number of carbonyl (C=O) groups is 1. The molecule has 7 heteroatoms. The highest BCUT2D eigenvalue weighted by Crippen LogP contribution is 2.20. The van der Waals surface area contributed by atoms with Gasteiger partial charge >= 0.3 is 0 Å². The number of nitrogens with zero attached hydrogens (tertiary/aromatic N) is 2. The number of hydrogen-bond acceptors (Lipinski definition) is 4. The van der Waals surface area contributed by atoms with Crippen LogP contribution in [0.5, 0.6) is 0 Å². The van der Waals surface area contributed by atoms with Crippen molar-refractivity contribution in [2.75, 3.05) is 20.6 Å². The summed E-state index contributed by atoms with van der Waals surface area (Å²) < 4.78 is 26.2. The molecule has 0 fully saturated rings. The molecule has 1 N–H and O–H groups in total. The van der Waals surface area contributed by atoms with Crippen molar-refractivity contribution < 1.29 is 13.2 Å². The number of benzene rings is 1. The molecule has 0 spiro atoms. The van der Waals surface area contributed by atoms with Gasteiger partial charge in [0.05, 0.1) is 16.5 Å². The number of amides is 1. The van der Waals surface area contributed by atoms with Gasteiger partial charge < -0.3 is 5.32 Å². The summed E-state index contributed by atoms with van der Waals surface area (Å²) in [4.78, 5) is 11.6. The van der Waals surface area contributed by atoms with Crippen molar-refractivity contribution in [2.24, 2.45) is 5.92 Å². The SMILES string of the molecule is CNC(=O)C(C)CN(C)S(=O)(=O)c1ccc(C#N)cc1C. The lowest BCUT2D eigenvalue weighted by atomic mass is 10.1. The van der Waals surface area contributed by atoms with E-state index in [1.165, 1.54) is 32.3 Å². The van der Waals surface area contributed by atoms with Gasteiger partial charge in [0.25, 0.3) is 0 Å². The molecule has 6 nitrogen and oxygen atoms in total. The third-order valence-electron chi connectivity index (χ3n) is 3.22. The number of sulfonamides is 1. The van der Waals surface area contributed by atoms with Crippen molar-refractivity contribution in [1.29, 1.82) is 5.26 Å². The Balaban J connectivity index is 3.06. The van der Waals surface area contributed by atoms with E-state index in [1.54, 1.807) is 13.8 Å². The Morgan fingerprint density at radius 2 is 2.10 bits per heavy atom. The molecule has 0 aliphatic carbocycles. The number of rotatable bonds is 5. The minimum Gasteiger partial charge on any atom is -0.359 e. The van der Waals surface area contributed by atoms with E-state index in [2.05, 4.69) is 5.32 Å². The van der Waals surface area contributed by atoms with Crippen LogP contribution in [0.2, 0.25) is 0 Å². The monoisotopic (exact) mass is 309 g/mol. The summed E-state index contributed by atoms with van der Waals surface area (Å²) >= 11 is 0. The molecular formula is C14H19N3O3S. The van der Waals surface area contributed by atoms with E-state index in [9.17, 15) is 13.2 Å². The van der Waals surface area contributed by atoms with E-state index >= 15 is 0 Å². The van der Waals surface area contributed by atoms with Gasteiger partial charge in [-0.1, -0.05) is 6.92 Å². The minimum absolute atomic E-state index is 0.0848. The number of hydrogen-bond donors (Lipinski definition) is 1. The van der Waals surface area contributed by atoms with Gasteiger partial charge in [0.15, 0.2) is 0 Å². The van der Waals surface area contributed by atoms with Crippen LogP contribution in [0.25, 0.3) is 0 Å². The van der Waals surface area contributed by atoms with Crippen LogP contribution in [-0.2, 0) is 14.8 Å². The van der Waals surface area contributed by atoms with Gasteiger partial charge in [-0.3, -0.25) is 4.79 Å². The van der Waals surface area contributed by atoms with Gasteiger partial charge in [0, 0.05) is 26.6 Å². The Morgan fingerprint density at radius 1 is 1.48 bits per heavy atom. The van der Waals surface area contributed by atoms with Crippen LogP contribution in [0.4, 0.5) is 0 Å². The summed E-state index contributed by atoms with van der Waals surface area (Å²) in [5, 5.41) is 11.3. The fourth-order valence-corrected chi connectivity index (χ4v) is 3.45. The highest BCUT2D eigenvalue weighted by molar-refractivity contribution is 7.89. The lowest BCUT2D eigenvalue weighted by Gasteiger charge is -2.21. The lowest BCUT2D eigenvalue weighted by molar-refractivity contribution is -0.124. The standard InChI is InChI=1S/C14H19N3O3S/c1-10-7-12(8-15)5-6-13(10)21(19,20)17(4)9-11(2)14(18)16-3/h5-7,11H,9H2,1-4H3,(H,16,18). The van der Waals surface area contributed by atoms with Crippen LogP contribution in [-0.4, -0.2) is 39.3 Å². The molecule has 0 aliphatic rings. The van der Waals surface area contributed by atoms with Gasteiger partial charge in [0.1, 0.15) is 0 Å². The molecular weight excluding hydrogens is 290 g/mol. The second kappa shape index (κ2) is 6.70. The number of nitrogens with one attached hydrogen (secondary N) is 1. The van der Waals surface area contributed by atoms with Crippen LogP contribution in [0.1, 0.15) is 18.1 Å². The van der Waals surface area contributed by atoms with Gasteiger partial charge in [-0.05, 0) is 30.7 Å². The van der Waals surface area contributed by atoms with Crippen LogP contribution in [0.15, 0.2) is 23.1 Å². The number of nitriles is 1. The van der Waals surface area contributed by atoms with Crippen molar-refractivity contribution >= 4 is 15.9 Å². The van der Waals surface area contributed by atoms with Gasteiger partial charge in [-0.15, -0.1) is 0 Å². The zero-order valence-electron chi connectivity index (χ0n) is 12.5. The molecule has 0 heterocycles. The zero-order chi connectivity index (χ0) is 16.2. The number of carbonyl (C=O) groups excluding carboxylic acids is 1. The molecule has 0 aromatic heterocycles.